The molecule has 0 heterocycles. The van der Waals surface area contributed by atoms with Gasteiger partial charge in [-0.1, -0.05) is 42.3 Å². The Morgan fingerprint density at radius 3 is 1.70 bits per heavy atom. The summed E-state index contributed by atoms with van der Waals surface area (Å²) in [5.74, 6) is -2.82. The average Bonchev–Trinajstić information content (AvgIpc) is 2.05. The van der Waals surface area contributed by atoms with Crippen LogP contribution >= 0.6 is 16.5 Å². The van der Waals surface area contributed by atoms with E-state index >= 15 is 0 Å². The summed E-state index contributed by atoms with van der Waals surface area (Å²) in [6.45, 7) is 8.19. The third-order valence-electron chi connectivity index (χ3n) is 3.17. The molecule has 0 aromatic carbocycles. The van der Waals surface area contributed by atoms with Crippen molar-refractivity contribution in [1.29, 1.82) is 0 Å². The van der Waals surface area contributed by atoms with Crippen LogP contribution in [0.4, 0.5) is 0 Å². The van der Waals surface area contributed by atoms with Crippen LogP contribution in [0.2, 0.25) is 0 Å². The van der Waals surface area contributed by atoms with E-state index in [9.17, 15) is 24.0 Å². The van der Waals surface area contributed by atoms with Gasteiger partial charge in [0, 0.05) is 6.08 Å². The monoisotopic (exact) mass is 384 g/mol. The van der Waals surface area contributed by atoms with Crippen LogP contribution in [-0.2, 0) is 18.2 Å². The topological polar surface area (TPSA) is 119 Å². The van der Waals surface area contributed by atoms with E-state index < -0.39 is 22.5 Å². The summed E-state index contributed by atoms with van der Waals surface area (Å²) < 4.78 is 29.7. The Labute approximate surface area is 182 Å². The van der Waals surface area contributed by atoms with Gasteiger partial charge in [0.2, 0.25) is 0 Å². The van der Waals surface area contributed by atoms with E-state index in [-0.39, 0.29) is 69.9 Å². The standard InChI is InChI=1S/C12H20O7P2.2Na/c1-10(2)5-9(6-11(3,4)8-10)7-12(13,18-20(14)15)19-21(16)17;;/h7,13H,5-6,8H2,1-4H3;;/q;2*+1. The van der Waals surface area contributed by atoms with Crippen LogP contribution in [0.25, 0.3) is 0 Å². The quantitative estimate of drug-likeness (QED) is 0.221. The van der Waals surface area contributed by atoms with E-state index in [2.05, 4.69) is 9.05 Å². The Hall–Kier alpha value is 1.74. The molecule has 1 saturated carbocycles. The maximum absolute atomic E-state index is 10.6. The molecule has 7 nitrogen and oxygen atoms in total. The van der Waals surface area contributed by atoms with Crippen molar-refractivity contribution in [3.63, 3.8) is 0 Å². The summed E-state index contributed by atoms with van der Waals surface area (Å²) in [5, 5.41) is 9.96. The molecule has 0 aliphatic heterocycles. The van der Waals surface area contributed by atoms with Crippen molar-refractivity contribution in [3.05, 3.63) is 11.6 Å². The molecule has 0 spiro atoms. The second-order valence-corrected chi connectivity index (χ2v) is 8.18. The number of hydrogen-bond acceptors (Lipinski definition) is 7. The van der Waals surface area contributed by atoms with Gasteiger partial charge in [0.1, 0.15) is 0 Å². The molecular weight excluding hydrogens is 364 g/mol. The van der Waals surface area contributed by atoms with Crippen molar-refractivity contribution >= 4 is 16.5 Å². The largest absolute Gasteiger partial charge is 1.00 e. The molecule has 1 N–H and O–H groups in total. The van der Waals surface area contributed by atoms with Crippen molar-refractivity contribution in [3.8, 4) is 0 Å². The Balaban J connectivity index is 0. The van der Waals surface area contributed by atoms with Crippen molar-refractivity contribution < 1.29 is 92.2 Å². The molecule has 23 heavy (non-hydrogen) atoms. The second-order valence-electron chi connectivity index (χ2n) is 6.92. The van der Waals surface area contributed by atoms with Crippen LogP contribution in [0.1, 0.15) is 47.0 Å². The van der Waals surface area contributed by atoms with Crippen LogP contribution in [0.15, 0.2) is 11.6 Å². The van der Waals surface area contributed by atoms with E-state index in [4.69, 9.17) is 0 Å². The molecule has 0 aromatic rings. The maximum atomic E-state index is 10.6. The van der Waals surface area contributed by atoms with Crippen LogP contribution in [0, 0.1) is 10.8 Å². The fourth-order valence-corrected chi connectivity index (χ4v) is 4.02. The minimum atomic E-state index is -3.48. The Morgan fingerprint density at radius 2 is 1.39 bits per heavy atom. The molecule has 2 unspecified atom stereocenters. The summed E-state index contributed by atoms with van der Waals surface area (Å²) in [4.78, 5) is 21.3. The van der Waals surface area contributed by atoms with Gasteiger partial charge >= 0.3 is 81.6 Å². The van der Waals surface area contributed by atoms with E-state index in [1.807, 2.05) is 27.7 Å². The van der Waals surface area contributed by atoms with Gasteiger partial charge in [-0.15, -0.1) is 0 Å². The van der Waals surface area contributed by atoms with Crippen molar-refractivity contribution in [1.82, 2.24) is 0 Å². The van der Waals surface area contributed by atoms with Crippen molar-refractivity contribution in [2.24, 2.45) is 10.8 Å². The number of aliphatic hydroxyl groups is 1. The van der Waals surface area contributed by atoms with Gasteiger partial charge < -0.3 is 14.9 Å². The third-order valence-corrected chi connectivity index (χ3v) is 3.99. The fraction of sp³-hybridized carbons (Fsp3) is 0.833. The van der Waals surface area contributed by atoms with Crippen molar-refractivity contribution in [2.75, 3.05) is 0 Å². The first-order chi connectivity index (χ1) is 9.33. The molecule has 1 aliphatic carbocycles. The van der Waals surface area contributed by atoms with Gasteiger partial charge in [-0.3, -0.25) is 0 Å². The minimum absolute atomic E-state index is 0. The zero-order valence-electron chi connectivity index (χ0n) is 14.5. The second kappa shape index (κ2) is 10.2. The molecule has 0 aromatic heterocycles. The first-order valence-electron chi connectivity index (χ1n) is 6.43. The molecule has 11 heteroatoms. The summed E-state index contributed by atoms with van der Waals surface area (Å²) in [6, 6.07) is 0. The molecule has 1 rings (SSSR count). The van der Waals surface area contributed by atoms with Gasteiger partial charge in [0.15, 0.2) is 0 Å². The average molecular weight is 384 g/mol. The summed E-state index contributed by atoms with van der Waals surface area (Å²) >= 11 is 0. The summed E-state index contributed by atoms with van der Waals surface area (Å²) in [7, 11) is -6.96. The Morgan fingerprint density at radius 1 is 1.04 bits per heavy atom. The normalized spacial score (nSPS) is 22.8. The van der Waals surface area contributed by atoms with Gasteiger partial charge in [-0.2, -0.15) is 0 Å². The van der Waals surface area contributed by atoms with Crippen LogP contribution in [-0.4, -0.2) is 11.1 Å². The summed E-state index contributed by atoms with van der Waals surface area (Å²) in [5.41, 5.74) is 0.564. The maximum Gasteiger partial charge on any atom is 1.00 e. The smallest absolute Gasteiger partial charge is 0.566 e. The molecule has 120 valence electrons. The predicted molar refractivity (Wildman–Crippen MR) is 71.8 cm³/mol. The van der Waals surface area contributed by atoms with Gasteiger partial charge in [0.25, 0.3) is 0 Å². The van der Waals surface area contributed by atoms with E-state index in [0.29, 0.717) is 18.4 Å². The number of hydrogen-bond donors (Lipinski definition) is 1. The SMILES string of the molecule is CC1(C)CC(=CC(O)(O[P+](=O)[O-])O[P+](=O)[O-])CC(C)(C)C1.[Na+].[Na+]. The first kappa shape index (κ1) is 27.0. The van der Waals surface area contributed by atoms with Gasteiger partial charge in [-0.05, 0) is 39.2 Å². The molecule has 0 radical (unpaired) electrons. The van der Waals surface area contributed by atoms with Gasteiger partial charge in [-0.25, -0.2) is 0 Å². The molecule has 2 atom stereocenters. The molecule has 0 amide bonds. The number of rotatable bonds is 5. The molecular formula is C12H20Na2O7P2+2. The van der Waals surface area contributed by atoms with E-state index in [1.54, 1.807) is 0 Å². The molecule has 0 saturated heterocycles. The van der Waals surface area contributed by atoms with Gasteiger partial charge in [0.05, 0.1) is 0 Å². The molecule has 0 bridgehead atoms. The zero-order valence-corrected chi connectivity index (χ0v) is 20.3. The zero-order chi connectivity index (χ0) is 16.5. The van der Waals surface area contributed by atoms with E-state index in [1.165, 1.54) is 0 Å². The van der Waals surface area contributed by atoms with Crippen LogP contribution in [0.5, 0.6) is 0 Å². The van der Waals surface area contributed by atoms with Crippen LogP contribution in [0.3, 0.4) is 0 Å². The number of allylic oxidation sites excluding steroid dienone is 1. The predicted octanol–water partition coefficient (Wildman–Crippen LogP) is -4.13. The van der Waals surface area contributed by atoms with Crippen molar-refractivity contribution in [2.45, 2.75) is 52.9 Å². The van der Waals surface area contributed by atoms with E-state index in [0.717, 1.165) is 12.5 Å². The third kappa shape index (κ3) is 10.5. The molecule has 1 fully saturated rings. The first-order valence-corrected chi connectivity index (χ1v) is 8.62. The molecule has 1 aliphatic rings. The Bertz CT molecular complexity index is 446. The minimum Gasteiger partial charge on any atom is -0.566 e. The summed E-state index contributed by atoms with van der Waals surface area (Å²) in [6.07, 6.45) is 3.14. The Kier molecular flexibility index (Phi) is 11.9. The fourth-order valence-electron chi connectivity index (χ4n) is 3.36. The van der Waals surface area contributed by atoms with Crippen LogP contribution < -0.4 is 68.9 Å².